The van der Waals surface area contributed by atoms with Crippen LogP contribution in [0.15, 0.2) is 211 Å². The fourth-order valence-electron chi connectivity index (χ4n) is 10.2. The van der Waals surface area contributed by atoms with Crippen LogP contribution in [-0.2, 0) is 28.8 Å². The van der Waals surface area contributed by atoms with Crippen molar-refractivity contribution in [1.82, 2.24) is 44.9 Å². The maximum atomic E-state index is 11.0. The van der Waals surface area contributed by atoms with E-state index in [1.165, 1.54) is 57.9 Å². The van der Waals surface area contributed by atoms with Gasteiger partial charge in [-0.3, -0.25) is 58.7 Å². The summed E-state index contributed by atoms with van der Waals surface area (Å²) in [6.07, 6.45) is 21.9. The van der Waals surface area contributed by atoms with Gasteiger partial charge < -0.3 is 28.4 Å². The van der Waals surface area contributed by atoms with Crippen LogP contribution in [0.25, 0.3) is 134 Å². The van der Waals surface area contributed by atoms with E-state index in [9.17, 15) is 28.8 Å². The summed E-state index contributed by atoms with van der Waals surface area (Å²) in [7, 11) is 0. The lowest BCUT2D eigenvalue weighted by Gasteiger charge is -2.08. The molecule has 0 radical (unpaired) electrons. The number of thiophene rings is 5. The van der Waals surface area contributed by atoms with Crippen molar-refractivity contribution in [3.63, 3.8) is 0 Å². The van der Waals surface area contributed by atoms with E-state index in [2.05, 4.69) is 116 Å². The molecule has 0 saturated heterocycles. The summed E-state index contributed by atoms with van der Waals surface area (Å²) in [6.45, 7) is 2.06. The number of rotatable bonds is 24. The Morgan fingerprint density at radius 2 is 0.641 bits per heavy atom. The van der Waals surface area contributed by atoms with Gasteiger partial charge in [0.15, 0.2) is 0 Å². The average Bonchev–Trinajstić information content (AvgIpc) is 1.82. The first kappa shape index (κ1) is 68.4. The van der Waals surface area contributed by atoms with Gasteiger partial charge in [-0.25, -0.2) is 15.0 Å². The molecule has 502 valence electrons. The minimum Gasteiger partial charge on any atom is -0.429 e. The second-order valence-electron chi connectivity index (χ2n) is 21.3. The van der Waals surface area contributed by atoms with Gasteiger partial charge in [-0.2, -0.15) is 0 Å². The minimum absolute atomic E-state index is 0.288. The highest BCUT2D eigenvalue weighted by Gasteiger charge is 2.16. The predicted octanol–water partition coefficient (Wildman–Crippen LogP) is 17.1. The lowest BCUT2D eigenvalue weighted by atomic mass is 10.1. The molecule has 21 nitrogen and oxygen atoms in total. The summed E-state index contributed by atoms with van der Waals surface area (Å²) in [5, 5.41) is 8.80. The lowest BCUT2D eigenvalue weighted by molar-refractivity contribution is -0.121. The molecule has 103 heavy (non-hydrogen) atoms. The van der Waals surface area contributed by atoms with Crippen LogP contribution in [0.1, 0.15) is 31.3 Å². The number of nitrogens with zero attached hydrogens (tertiary/aromatic N) is 9. The number of pyridine rings is 9. The Balaban J connectivity index is 0.000000138. The van der Waals surface area contributed by atoms with Crippen LogP contribution in [-0.4, -0.2) is 83.7 Å². The molecule has 0 aliphatic carbocycles. The maximum Gasteiger partial charge on any atom is 0.298 e. The maximum absolute atomic E-state index is 11.0. The molecule has 0 saturated carbocycles. The van der Waals surface area contributed by atoms with Crippen LogP contribution in [0.4, 0.5) is 0 Å². The lowest BCUT2D eigenvalue weighted by Crippen LogP contribution is -1.97. The van der Waals surface area contributed by atoms with Crippen LogP contribution in [0.5, 0.6) is 34.5 Å². The van der Waals surface area contributed by atoms with Crippen molar-refractivity contribution in [1.29, 1.82) is 0 Å². The molecule has 0 fully saturated rings. The fourth-order valence-corrected chi connectivity index (χ4v) is 15.1. The van der Waals surface area contributed by atoms with Gasteiger partial charge >= 0.3 is 0 Å². The van der Waals surface area contributed by atoms with E-state index in [4.69, 9.17) is 28.4 Å². The highest BCUT2D eigenvalue weighted by molar-refractivity contribution is 7.27. The molecule has 14 aromatic heterocycles. The summed E-state index contributed by atoms with van der Waals surface area (Å²) >= 11 is 8.63. The molecule has 0 aliphatic heterocycles. The summed E-state index contributed by atoms with van der Waals surface area (Å²) < 4.78 is 35.1. The van der Waals surface area contributed by atoms with E-state index < -0.39 is 0 Å². The third-order valence-corrected chi connectivity index (χ3v) is 19.9. The number of hydrogen-bond acceptors (Lipinski definition) is 26. The topological polar surface area (TPSA) is 274 Å². The molecule has 0 atom stereocenters. The molecule has 26 heteroatoms. The van der Waals surface area contributed by atoms with Crippen molar-refractivity contribution in [2.24, 2.45) is 0 Å². The molecular weight excluding hydrogens is 1400 g/mol. The van der Waals surface area contributed by atoms with E-state index in [1.807, 2.05) is 66.8 Å². The number of ether oxygens (including phenoxy) is 6. The first-order valence-electron chi connectivity index (χ1n) is 30.6. The number of benzene rings is 1. The second-order valence-corrected chi connectivity index (χ2v) is 26.4. The minimum atomic E-state index is 0.288. The van der Waals surface area contributed by atoms with Crippen molar-refractivity contribution in [3.05, 3.63) is 242 Å². The molecule has 1 aromatic carbocycles. The molecule has 14 heterocycles. The smallest absolute Gasteiger partial charge is 0.298 e. The van der Waals surface area contributed by atoms with Gasteiger partial charge in [0, 0.05) is 136 Å². The molecule has 0 N–H and O–H groups in total. The van der Waals surface area contributed by atoms with Crippen molar-refractivity contribution >= 4 is 162 Å². The van der Waals surface area contributed by atoms with Crippen LogP contribution in [0, 0.1) is 0 Å². The van der Waals surface area contributed by atoms with Gasteiger partial charge in [-0.15, -0.1) is 56.7 Å². The van der Waals surface area contributed by atoms with Gasteiger partial charge in [0.1, 0.15) is 34.5 Å². The Morgan fingerprint density at radius 1 is 0.282 bits per heavy atom. The first-order valence-corrected chi connectivity index (χ1v) is 34.9. The second kappa shape index (κ2) is 33.2. The van der Waals surface area contributed by atoms with E-state index in [0.29, 0.717) is 136 Å². The van der Waals surface area contributed by atoms with Crippen molar-refractivity contribution in [2.45, 2.75) is 0 Å². The van der Waals surface area contributed by atoms with E-state index in [0.717, 1.165) is 21.6 Å². The summed E-state index contributed by atoms with van der Waals surface area (Å²) in [5.41, 5.74) is 8.81. The van der Waals surface area contributed by atoms with Gasteiger partial charge in [-0.1, -0.05) is 36.4 Å². The first-order chi connectivity index (χ1) is 50.7. The van der Waals surface area contributed by atoms with E-state index in [1.54, 1.807) is 148 Å². The van der Waals surface area contributed by atoms with Crippen molar-refractivity contribution in [3.8, 4) is 103 Å². The number of carbonyl (C=O) groups excluding carboxylic acids is 6. The van der Waals surface area contributed by atoms with Gasteiger partial charge in [0.2, 0.25) is 0 Å². The Morgan fingerprint density at radius 3 is 1.07 bits per heavy atom. The fraction of sp³-hybridized carbons (Fsp3) is 0. The number of fused-ring (bicyclic) bond motifs is 3. The molecule has 0 unspecified atom stereocenters. The number of aromatic nitrogens is 9. The molecule has 15 rings (SSSR count). The standard InChI is InChI=1S/C27H17N3O4S.2C25H15N3O4S2/c31-16-33-20-8-10-29-24(13-20)26-15-21(34-17-32)14-25(30-26)23-11-18(7-9-28-23)5-6-22-12-19-3-1-2-4-27(19)35-22;29-14-31-17-4-7-27-21(10-17)23-12-18(32-15-30)11-22(28-23)20-9-16(3-6-26-20)1-2-24-19-5-8-33-25(19)13-34-24;29-14-31-17-4-7-27-21(10-17)23-12-18(32-15-30)11-22(28-23)20-9-16(3-6-26-20)1-2-19-13-25-24(34-19)5-8-33-25/h1-17H;2*1-15H/b6-5+;2*2-1+. The van der Waals surface area contributed by atoms with Crippen LogP contribution in [0.2, 0.25) is 0 Å². The molecule has 0 aliphatic rings. The number of hydrogen-bond donors (Lipinski definition) is 0. The SMILES string of the molecule is O=COc1ccnc(-c2cc(OC=O)cc(-c3cc(/C=C/c4cc5ccccc5s4)ccn3)n2)c1.O=COc1ccnc(-c2cc(OC=O)cc(-c3cc(/C=C/c4cc5sccc5s4)ccn3)n2)c1.O=COc1ccnc(-c2cc(OC=O)cc(-c3cc(/C=C/c4scc5sccc45)ccn3)n2)c1. The predicted molar refractivity (Wildman–Crippen MR) is 400 cm³/mol. The quantitative estimate of drug-likeness (QED) is 0.0508. The highest BCUT2D eigenvalue weighted by atomic mass is 32.1. The summed E-state index contributed by atoms with van der Waals surface area (Å²) in [5.74, 6) is 1.84. The van der Waals surface area contributed by atoms with Gasteiger partial charge in [-0.05, 0) is 136 Å². The van der Waals surface area contributed by atoms with Crippen LogP contribution >= 0.6 is 56.7 Å². The Labute approximate surface area is 604 Å². The Kier molecular flexibility index (Phi) is 22.0. The van der Waals surface area contributed by atoms with E-state index >= 15 is 0 Å². The van der Waals surface area contributed by atoms with Gasteiger partial charge in [0.25, 0.3) is 38.8 Å². The average molecular weight is 1450 g/mol. The summed E-state index contributed by atoms with van der Waals surface area (Å²) in [4.78, 5) is 109. The molecule has 0 amide bonds. The van der Waals surface area contributed by atoms with E-state index in [-0.39, 0.29) is 5.75 Å². The molecule has 15 aromatic rings. The Bertz CT molecular complexity index is 5640. The molecular formula is C77H47N9O12S5. The number of carbonyl (C=O) groups is 6. The normalized spacial score (nSPS) is 11.0. The highest BCUT2D eigenvalue weighted by Crippen LogP contribution is 2.36. The third kappa shape index (κ3) is 17.5. The van der Waals surface area contributed by atoms with Crippen LogP contribution in [0.3, 0.4) is 0 Å². The van der Waals surface area contributed by atoms with Crippen molar-refractivity contribution in [2.75, 3.05) is 0 Å². The van der Waals surface area contributed by atoms with Crippen molar-refractivity contribution < 1.29 is 57.2 Å². The Hall–Kier alpha value is -13.1. The van der Waals surface area contributed by atoms with Gasteiger partial charge in [0.05, 0.1) is 68.3 Å². The molecule has 0 bridgehead atoms. The zero-order valence-electron chi connectivity index (χ0n) is 53.1. The zero-order valence-corrected chi connectivity index (χ0v) is 57.2. The molecule has 0 spiro atoms. The van der Waals surface area contributed by atoms with Crippen LogP contribution < -0.4 is 28.4 Å². The largest absolute Gasteiger partial charge is 0.429 e. The zero-order chi connectivity index (χ0) is 70.7. The summed E-state index contributed by atoms with van der Waals surface area (Å²) in [6, 6.07) is 47.3. The monoisotopic (exact) mass is 1450 g/mol. The third-order valence-electron chi connectivity index (χ3n) is 14.8.